The number of allylic oxidation sites excluding steroid dienone is 25. The lowest BCUT2D eigenvalue weighted by Gasteiger charge is -2.21. The van der Waals surface area contributed by atoms with Crippen LogP contribution in [0.5, 0.6) is 0 Å². The second kappa shape index (κ2) is 58.3. The van der Waals surface area contributed by atoms with Gasteiger partial charge in [0.1, 0.15) is 12.7 Å². The Hall–Kier alpha value is -4.90. The smallest absolute Gasteiger partial charge is 0.462 e. The number of phosphoric ester groups is 1. The van der Waals surface area contributed by atoms with E-state index in [9.17, 15) is 28.9 Å². The van der Waals surface area contributed by atoms with Gasteiger partial charge in [-0.05, 0) is 122 Å². The van der Waals surface area contributed by atoms with Gasteiger partial charge in [-0.3, -0.25) is 23.4 Å². The van der Waals surface area contributed by atoms with Crippen molar-refractivity contribution in [2.24, 2.45) is 0 Å². The lowest BCUT2D eigenvalue weighted by Crippen LogP contribution is -2.30. The molecule has 0 aromatic rings. The topological polar surface area (TPSA) is 155 Å². The molecule has 0 saturated carbocycles. The second-order valence-corrected chi connectivity index (χ2v) is 20.1. The maximum Gasteiger partial charge on any atom is 0.472 e. The van der Waals surface area contributed by atoms with E-state index in [-0.39, 0.29) is 25.9 Å². The molecule has 11 nitrogen and oxygen atoms in total. The van der Waals surface area contributed by atoms with Crippen LogP contribution in [0.15, 0.2) is 158 Å². The number of hydrogen-bond acceptors (Lipinski definition) is 10. The van der Waals surface area contributed by atoms with Gasteiger partial charge in [0.05, 0.1) is 26.2 Å². The standard InChI is InChI=1S/C66H103O11P/c1-4-7-10-13-16-19-22-25-28-30-31-33-35-37-40-43-46-49-52-55-64(68)73-59-63(77-66(70)57-54-51-48-45-42-39-36-32-29-26-23-20-17-14-11-8-5-2)61-75-78(71,72)74-60-62(58-67)76-65(69)56-53-50-47-44-41-38-34-27-24-21-18-15-12-9-6-3/h7-12,16-21,25-29,31,33-34,36,39,41,44,50,53,62-63,67H,4-6,13-15,22-24,30,32,35,37-38,40,42-43,45-49,51-52,54-61H2,1-3H3,(H,71,72)/b10-7-,11-8-,12-9-,19-16-,20-17-,21-18-,28-25-,29-26-,33-31-,34-27-,39-36-,44-41-,53-50-. The van der Waals surface area contributed by atoms with Crippen molar-refractivity contribution >= 4 is 25.7 Å². The number of aliphatic hydroxyl groups is 1. The molecule has 0 saturated heterocycles. The van der Waals surface area contributed by atoms with Crippen LogP contribution >= 0.6 is 7.82 Å². The van der Waals surface area contributed by atoms with E-state index in [4.69, 9.17) is 23.3 Å². The van der Waals surface area contributed by atoms with E-state index in [2.05, 4.69) is 154 Å². The van der Waals surface area contributed by atoms with Crippen LogP contribution in [-0.2, 0) is 42.2 Å². The Morgan fingerprint density at radius 3 is 1.06 bits per heavy atom. The first-order valence-electron chi connectivity index (χ1n) is 29.4. The van der Waals surface area contributed by atoms with Gasteiger partial charge in [-0.2, -0.15) is 0 Å². The molecule has 0 aliphatic heterocycles. The monoisotopic (exact) mass is 1100 g/mol. The highest BCUT2D eigenvalue weighted by atomic mass is 31.2. The first-order valence-corrected chi connectivity index (χ1v) is 30.9. The van der Waals surface area contributed by atoms with Crippen molar-refractivity contribution in [2.75, 3.05) is 26.4 Å². The third kappa shape index (κ3) is 55.8. The molecule has 0 radical (unpaired) electrons. The third-order valence-corrected chi connectivity index (χ3v) is 12.4. The van der Waals surface area contributed by atoms with Crippen LogP contribution in [0.2, 0.25) is 0 Å². The number of esters is 3. The Labute approximate surface area is 473 Å². The van der Waals surface area contributed by atoms with Gasteiger partial charge in [-0.1, -0.05) is 217 Å². The molecule has 0 aromatic carbocycles. The Balaban J connectivity index is 4.90. The predicted octanol–water partition coefficient (Wildman–Crippen LogP) is 17.7. The molecular weight excluding hydrogens is 1000 g/mol. The number of carbonyl (C=O) groups is 3. The van der Waals surface area contributed by atoms with Gasteiger partial charge >= 0.3 is 25.7 Å². The average Bonchev–Trinajstić information content (AvgIpc) is 3.43. The summed E-state index contributed by atoms with van der Waals surface area (Å²) < 4.78 is 39.4. The van der Waals surface area contributed by atoms with Gasteiger partial charge in [-0.25, -0.2) is 4.57 Å². The van der Waals surface area contributed by atoms with Gasteiger partial charge < -0.3 is 24.2 Å². The number of hydrogen-bond donors (Lipinski definition) is 2. The molecular formula is C66H103O11P. The molecule has 12 heteroatoms. The maximum atomic E-state index is 12.9. The van der Waals surface area contributed by atoms with Crippen LogP contribution in [-0.4, -0.2) is 66.5 Å². The number of aliphatic hydroxyl groups excluding tert-OH is 1. The molecule has 2 N–H and O–H groups in total. The van der Waals surface area contributed by atoms with Crippen molar-refractivity contribution in [1.29, 1.82) is 0 Å². The van der Waals surface area contributed by atoms with Crippen LogP contribution in [0.3, 0.4) is 0 Å². The van der Waals surface area contributed by atoms with Gasteiger partial charge in [0.15, 0.2) is 6.10 Å². The quantitative estimate of drug-likeness (QED) is 0.0197. The lowest BCUT2D eigenvalue weighted by molar-refractivity contribution is -0.161. The number of rotatable bonds is 52. The summed E-state index contributed by atoms with van der Waals surface area (Å²) in [4.78, 5) is 48.6. The highest BCUT2D eigenvalue weighted by Crippen LogP contribution is 2.43. The Morgan fingerprint density at radius 1 is 0.372 bits per heavy atom. The van der Waals surface area contributed by atoms with E-state index in [0.717, 1.165) is 141 Å². The highest BCUT2D eigenvalue weighted by molar-refractivity contribution is 7.47. The van der Waals surface area contributed by atoms with Crippen LogP contribution in [0.25, 0.3) is 0 Å². The Bertz CT molecular complexity index is 1910. The SMILES string of the molecule is CC/C=C\C/C=C\C/C=C\C/C=C\C/C=C\CC(=O)OC(CO)COP(=O)(O)OCC(COC(=O)CCCCCCCC/C=C\C/C=C\C/C=C\C/C=C\CC)OC(=O)CCCCCC/C=C\C/C=C\C/C=C\C/C=C\CC. The molecule has 0 aromatic heterocycles. The summed E-state index contributed by atoms with van der Waals surface area (Å²) in [5.74, 6) is -1.67. The molecule has 3 atom stereocenters. The molecule has 0 aliphatic carbocycles. The van der Waals surface area contributed by atoms with Gasteiger partial charge in [0.2, 0.25) is 0 Å². The molecule has 0 fully saturated rings. The third-order valence-electron chi connectivity index (χ3n) is 11.5. The van der Waals surface area contributed by atoms with Crippen LogP contribution in [0, 0.1) is 0 Å². The first kappa shape index (κ1) is 73.1. The number of carbonyl (C=O) groups excluding carboxylic acids is 3. The van der Waals surface area contributed by atoms with E-state index in [0.29, 0.717) is 19.3 Å². The van der Waals surface area contributed by atoms with E-state index < -0.39 is 57.8 Å². The van der Waals surface area contributed by atoms with Gasteiger partial charge in [0, 0.05) is 12.8 Å². The summed E-state index contributed by atoms with van der Waals surface area (Å²) in [6, 6.07) is 0. The van der Waals surface area contributed by atoms with Crippen LogP contribution in [0.1, 0.15) is 201 Å². The van der Waals surface area contributed by atoms with Gasteiger partial charge in [-0.15, -0.1) is 0 Å². The summed E-state index contributed by atoms with van der Waals surface area (Å²) in [7, 11) is -4.80. The van der Waals surface area contributed by atoms with Crippen LogP contribution < -0.4 is 0 Å². The van der Waals surface area contributed by atoms with E-state index in [1.165, 1.54) is 0 Å². The van der Waals surface area contributed by atoms with Crippen molar-refractivity contribution in [3.8, 4) is 0 Å². The van der Waals surface area contributed by atoms with Crippen molar-refractivity contribution in [3.63, 3.8) is 0 Å². The molecule has 0 rings (SSSR count). The zero-order valence-electron chi connectivity index (χ0n) is 48.3. The number of ether oxygens (including phenoxy) is 3. The molecule has 0 aliphatic rings. The number of unbranched alkanes of at least 4 members (excludes halogenated alkanes) is 10. The molecule has 438 valence electrons. The first-order chi connectivity index (χ1) is 38.2. The molecule has 78 heavy (non-hydrogen) atoms. The average molecular weight is 1100 g/mol. The lowest BCUT2D eigenvalue weighted by atomic mass is 10.1. The fourth-order valence-corrected chi connectivity index (χ4v) is 7.90. The normalized spacial score (nSPS) is 14.5. The minimum absolute atomic E-state index is 0.0666. The summed E-state index contributed by atoms with van der Waals surface area (Å²) in [5, 5.41) is 9.80. The van der Waals surface area contributed by atoms with E-state index >= 15 is 0 Å². The zero-order valence-corrected chi connectivity index (χ0v) is 49.2. The van der Waals surface area contributed by atoms with Crippen molar-refractivity contribution in [1.82, 2.24) is 0 Å². The molecule has 0 heterocycles. The Kier molecular flexibility index (Phi) is 54.6. The molecule has 0 amide bonds. The zero-order chi connectivity index (χ0) is 56.9. The van der Waals surface area contributed by atoms with Crippen molar-refractivity contribution in [3.05, 3.63) is 158 Å². The van der Waals surface area contributed by atoms with E-state index in [1.807, 2.05) is 18.2 Å². The fraction of sp³-hybridized carbons (Fsp3) is 0.561. The maximum absolute atomic E-state index is 12.9. The predicted molar refractivity (Wildman–Crippen MR) is 325 cm³/mol. The minimum atomic E-state index is -4.80. The number of phosphoric acid groups is 1. The highest BCUT2D eigenvalue weighted by Gasteiger charge is 2.28. The van der Waals surface area contributed by atoms with Crippen molar-refractivity contribution in [2.45, 2.75) is 213 Å². The molecule has 0 bridgehead atoms. The summed E-state index contributed by atoms with van der Waals surface area (Å²) in [5.41, 5.74) is 0. The largest absolute Gasteiger partial charge is 0.472 e. The van der Waals surface area contributed by atoms with Crippen LogP contribution in [0.4, 0.5) is 0 Å². The molecule has 0 spiro atoms. The summed E-state index contributed by atoms with van der Waals surface area (Å²) >= 11 is 0. The Morgan fingerprint density at radius 2 is 0.679 bits per heavy atom. The summed E-state index contributed by atoms with van der Waals surface area (Å²) in [6.07, 6.45) is 76.5. The minimum Gasteiger partial charge on any atom is -0.462 e. The van der Waals surface area contributed by atoms with E-state index in [1.54, 1.807) is 6.08 Å². The van der Waals surface area contributed by atoms with Crippen molar-refractivity contribution < 1.29 is 52.2 Å². The summed E-state index contributed by atoms with van der Waals surface area (Å²) in [6.45, 7) is 4.12. The fourth-order valence-electron chi connectivity index (χ4n) is 7.12. The molecule has 3 unspecified atom stereocenters. The van der Waals surface area contributed by atoms with Gasteiger partial charge in [0.25, 0.3) is 0 Å². The second-order valence-electron chi connectivity index (χ2n) is 18.7.